The third kappa shape index (κ3) is 2.52. The molecule has 0 fully saturated rings. The van der Waals surface area contributed by atoms with Crippen molar-refractivity contribution < 1.29 is 0 Å². The van der Waals surface area contributed by atoms with E-state index >= 15 is 0 Å². The van der Waals surface area contributed by atoms with E-state index in [1.54, 1.807) is 0 Å². The Kier molecular flexibility index (Phi) is 3.77. The number of halogens is 1. The van der Waals surface area contributed by atoms with E-state index in [0.717, 1.165) is 16.1 Å². The SMILES string of the molecule is Clc1cc(-c2ccccc2)ccc1-c1cccc2c1sc1ccccc12. The fourth-order valence-corrected chi connectivity index (χ4v) is 5.02. The maximum atomic E-state index is 6.72. The van der Waals surface area contributed by atoms with Crippen LogP contribution < -0.4 is 0 Å². The molecule has 0 unspecified atom stereocenters. The van der Waals surface area contributed by atoms with Crippen LogP contribution in [0.25, 0.3) is 42.4 Å². The van der Waals surface area contributed by atoms with Crippen molar-refractivity contribution in [3.8, 4) is 22.3 Å². The van der Waals surface area contributed by atoms with Gasteiger partial charge in [-0.05, 0) is 23.3 Å². The maximum Gasteiger partial charge on any atom is 0.0491 e. The molecule has 4 aromatic carbocycles. The molecule has 0 amide bonds. The van der Waals surface area contributed by atoms with E-state index in [1.165, 1.54) is 31.3 Å². The Morgan fingerprint density at radius 3 is 2.19 bits per heavy atom. The molecule has 26 heavy (non-hydrogen) atoms. The molecular formula is C24H15ClS. The van der Waals surface area contributed by atoms with Crippen molar-refractivity contribution in [3.05, 3.63) is 96.0 Å². The van der Waals surface area contributed by atoms with Gasteiger partial charge in [-0.1, -0.05) is 90.5 Å². The van der Waals surface area contributed by atoms with Crippen LogP contribution in [0, 0.1) is 0 Å². The zero-order chi connectivity index (χ0) is 17.5. The summed E-state index contributed by atoms with van der Waals surface area (Å²) in [6.45, 7) is 0. The minimum Gasteiger partial charge on any atom is -0.135 e. The van der Waals surface area contributed by atoms with Gasteiger partial charge in [0.1, 0.15) is 0 Å². The van der Waals surface area contributed by atoms with Gasteiger partial charge in [0.05, 0.1) is 0 Å². The average molecular weight is 371 g/mol. The van der Waals surface area contributed by atoms with E-state index in [-0.39, 0.29) is 0 Å². The number of fused-ring (bicyclic) bond motifs is 3. The predicted molar refractivity (Wildman–Crippen MR) is 115 cm³/mol. The molecule has 0 aliphatic heterocycles. The summed E-state index contributed by atoms with van der Waals surface area (Å²) >= 11 is 8.55. The van der Waals surface area contributed by atoms with Crippen molar-refractivity contribution in [3.63, 3.8) is 0 Å². The Morgan fingerprint density at radius 1 is 0.577 bits per heavy atom. The lowest BCUT2D eigenvalue weighted by molar-refractivity contribution is 1.61. The highest BCUT2D eigenvalue weighted by molar-refractivity contribution is 7.26. The second-order valence-electron chi connectivity index (χ2n) is 6.34. The molecule has 0 atom stereocenters. The molecule has 5 aromatic rings. The second kappa shape index (κ2) is 6.28. The second-order valence-corrected chi connectivity index (χ2v) is 7.80. The zero-order valence-corrected chi connectivity index (χ0v) is 15.5. The highest BCUT2D eigenvalue weighted by Gasteiger charge is 2.12. The molecule has 0 bridgehead atoms. The summed E-state index contributed by atoms with van der Waals surface area (Å²) in [6.07, 6.45) is 0. The van der Waals surface area contributed by atoms with Crippen molar-refractivity contribution in [1.29, 1.82) is 0 Å². The van der Waals surface area contributed by atoms with Gasteiger partial charge >= 0.3 is 0 Å². The van der Waals surface area contributed by atoms with Crippen molar-refractivity contribution in [2.45, 2.75) is 0 Å². The first-order chi connectivity index (χ1) is 12.8. The van der Waals surface area contributed by atoms with Crippen molar-refractivity contribution in [2.24, 2.45) is 0 Å². The minimum atomic E-state index is 0.788. The predicted octanol–water partition coefficient (Wildman–Crippen LogP) is 8.04. The first-order valence-corrected chi connectivity index (χ1v) is 9.76. The van der Waals surface area contributed by atoms with Gasteiger partial charge in [-0.15, -0.1) is 11.3 Å². The summed E-state index contributed by atoms with van der Waals surface area (Å²) in [7, 11) is 0. The van der Waals surface area contributed by atoms with E-state index in [4.69, 9.17) is 11.6 Å². The number of thiophene rings is 1. The van der Waals surface area contributed by atoms with Crippen LogP contribution in [-0.2, 0) is 0 Å². The van der Waals surface area contributed by atoms with Crippen LogP contribution in [0.2, 0.25) is 5.02 Å². The number of hydrogen-bond donors (Lipinski definition) is 0. The summed E-state index contributed by atoms with van der Waals surface area (Å²) < 4.78 is 2.61. The van der Waals surface area contributed by atoms with Gasteiger partial charge in [0.15, 0.2) is 0 Å². The quantitative estimate of drug-likeness (QED) is 0.295. The topological polar surface area (TPSA) is 0 Å². The Morgan fingerprint density at radius 2 is 1.35 bits per heavy atom. The third-order valence-corrected chi connectivity index (χ3v) is 6.30. The van der Waals surface area contributed by atoms with Gasteiger partial charge in [0, 0.05) is 36.3 Å². The van der Waals surface area contributed by atoms with E-state index in [0.29, 0.717) is 0 Å². The van der Waals surface area contributed by atoms with Crippen LogP contribution in [0.5, 0.6) is 0 Å². The molecule has 2 heteroatoms. The highest BCUT2D eigenvalue weighted by Crippen LogP contribution is 2.42. The summed E-state index contributed by atoms with van der Waals surface area (Å²) in [5.74, 6) is 0. The fourth-order valence-electron chi connectivity index (χ4n) is 3.50. The molecule has 0 saturated carbocycles. The zero-order valence-electron chi connectivity index (χ0n) is 13.9. The highest BCUT2D eigenvalue weighted by atomic mass is 35.5. The molecule has 0 nitrogen and oxygen atoms in total. The molecule has 1 aromatic heterocycles. The summed E-state index contributed by atoms with van der Waals surface area (Å²) in [4.78, 5) is 0. The molecule has 0 aliphatic carbocycles. The molecule has 0 saturated heterocycles. The number of rotatable bonds is 2. The van der Waals surface area contributed by atoms with Gasteiger partial charge in [-0.3, -0.25) is 0 Å². The Bertz CT molecular complexity index is 1240. The molecule has 5 rings (SSSR count). The Labute approximate surface area is 161 Å². The van der Waals surface area contributed by atoms with Crippen LogP contribution in [0.15, 0.2) is 91.0 Å². The number of benzene rings is 4. The van der Waals surface area contributed by atoms with Gasteiger partial charge in [-0.2, -0.15) is 0 Å². The lowest BCUT2D eigenvalue weighted by Gasteiger charge is -2.09. The normalized spacial score (nSPS) is 11.3. The third-order valence-electron chi connectivity index (χ3n) is 4.77. The van der Waals surface area contributed by atoms with Crippen molar-refractivity contribution in [2.75, 3.05) is 0 Å². The lowest BCUT2D eigenvalue weighted by atomic mass is 9.99. The average Bonchev–Trinajstić information content (AvgIpc) is 3.08. The van der Waals surface area contributed by atoms with Crippen molar-refractivity contribution in [1.82, 2.24) is 0 Å². The van der Waals surface area contributed by atoms with Crippen LogP contribution in [0.1, 0.15) is 0 Å². The molecule has 0 radical (unpaired) electrons. The van der Waals surface area contributed by atoms with Gasteiger partial charge in [0.2, 0.25) is 0 Å². The van der Waals surface area contributed by atoms with E-state index < -0.39 is 0 Å². The van der Waals surface area contributed by atoms with E-state index in [9.17, 15) is 0 Å². The standard InChI is InChI=1S/C24H15ClS/c25-22-15-17(16-7-2-1-3-8-16)13-14-18(22)20-10-6-11-21-19-9-4-5-12-23(19)26-24(20)21/h1-15H. The Balaban J connectivity index is 1.71. The summed E-state index contributed by atoms with van der Waals surface area (Å²) in [6, 6.07) is 31.8. The Hall–Kier alpha value is -2.61. The minimum absolute atomic E-state index is 0.788. The molecular weight excluding hydrogens is 356 g/mol. The van der Waals surface area contributed by atoms with Gasteiger partial charge in [0.25, 0.3) is 0 Å². The lowest BCUT2D eigenvalue weighted by Crippen LogP contribution is -1.83. The van der Waals surface area contributed by atoms with E-state index in [1.807, 2.05) is 17.4 Å². The fraction of sp³-hybridized carbons (Fsp3) is 0. The first kappa shape index (κ1) is 15.6. The smallest absolute Gasteiger partial charge is 0.0491 e. The van der Waals surface area contributed by atoms with Crippen LogP contribution in [0.4, 0.5) is 0 Å². The van der Waals surface area contributed by atoms with Crippen LogP contribution in [0.3, 0.4) is 0 Å². The molecule has 0 aliphatic rings. The first-order valence-electron chi connectivity index (χ1n) is 8.57. The van der Waals surface area contributed by atoms with Crippen LogP contribution >= 0.6 is 22.9 Å². The summed E-state index contributed by atoms with van der Waals surface area (Å²) in [5, 5.41) is 3.40. The van der Waals surface area contributed by atoms with Gasteiger partial charge < -0.3 is 0 Å². The summed E-state index contributed by atoms with van der Waals surface area (Å²) in [5.41, 5.74) is 4.61. The van der Waals surface area contributed by atoms with Gasteiger partial charge in [-0.25, -0.2) is 0 Å². The monoisotopic (exact) mass is 370 g/mol. The molecule has 124 valence electrons. The van der Waals surface area contributed by atoms with E-state index in [2.05, 4.69) is 84.9 Å². The number of hydrogen-bond acceptors (Lipinski definition) is 1. The molecule has 0 spiro atoms. The van der Waals surface area contributed by atoms with Crippen molar-refractivity contribution >= 4 is 43.1 Å². The van der Waals surface area contributed by atoms with Crippen LogP contribution in [-0.4, -0.2) is 0 Å². The maximum absolute atomic E-state index is 6.72. The largest absolute Gasteiger partial charge is 0.135 e. The molecule has 0 N–H and O–H groups in total. The molecule has 1 heterocycles.